The molecule has 2 aromatic rings. The molecule has 1 aliphatic rings. The van der Waals surface area contributed by atoms with Crippen molar-refractivity contribution < 1.29 is 18.1 Å². The van der Waals surface area contributed by atoms with E-state index in [2.05, 4.69) is 10.2 Å². The number of nitrogens with zero attached hydrogens (tertiary/aromatic N) is 2. The van der Waals surface area contributed by atoms with E-state index in [0.29, 0.717) is 12.4 Å². The molecule has 0 aromatic heterocycles. The average Bonchev–Trinajstić information content (AvgIpc) is 3.04. The molecule has 0 spiro atoms. The Morgan fingerprint density at radius 3 is 2.69 bits per heavy atom. The van der Waals surface area contributed by atoms with Crippen LogP contribution in [0.4, 0.5) is 11.4 Å². The van der Waals surface area contributed by atoms with Crippen molar-refractivity contribution in [3.05, 3.63) is 58.6 Å². The van der Waals surface area contributed by atoms with Crippen LogP contribution >= 0.6 is 11.8 Å². The van der Waals surface area contributed by atoms with E-state index >= 15 is 0 Å². The molecular formula is C21H28N4O5S2. The topological polar surface area (TPSA) is 128 Å². The molecule has 1 heterocycles. The Bertz CT molecular complexity index is 997. The van der Waals surface area contributed by atoms with Crippen molar-refractivity contribution in [3.8, 4) is 0 Å². The number of nitrogens with two attached hydrogens (primary N) is 1. The zero-order valence-corrected chi connectivity index (χ0v) is 19.3. The minimum Gasteiger partial charge on any atom is -0.380 e. The van der Waals surface area contributed by atoms with E-state index in [-0.39, 0.29) is 22.3 Å². The van der Waals surface area contributed by atoms with Crippen molar-refractivity contribution in [1.82, 2.24) is 4.90 Å². The van der Waals surface area contributed by atoms with Gasteiger partial charge in [-0.25, -0.2) is 13.6 Å². The Morgan fingerprint density at radius 2 is 1.97 bits per heavy atom. The van der Waals surface area contributed by atoms with Gasteiger partial charge in [-0.05, 0) is 37.1 Å². The molecule has 3 rings (SSSR count). The number of anilines is 1. The van der Waals surface area contributed by atoms with Gasteiger partial charge in [-0.3, -0.25) is 10.1 Å². The summed E-state index contributed by atoms with van der Waals surface area (Å²) in [6, 6.07) is 13.6. The van der Waals surface area contributed by atoms with Gasteiger partial charge in [0.05, 0.1) is 16.4 Å². The molecule has 3 N–H and O–H groups in total. The van der Waals surface area contributed by atoms with Crippen molar-refractivity contribution in [1.29, 1.82) is 0 Å². The number of ether oxygens (including phenoxy) is 1. The Labute approximate surface area is 192 Å². The fourth-order valence-electron chi connectivity index (χ4n) is 3.45. The van der Waals surface area contributed by atoms with Crippen LogP contribution in [-0.2, 0) is 14.8 Å². The molecule has 2 aromatic carbocycles. The summed E-state index contributed by atoms with van der Waals surface area (Å²) in [5.41, 5.74) is -0.0327. The molecule has 9 nitrogen and oxygen atoms in total. The maximum atomic E-state index is 11.6. The third kappa shape index (κ3) is 7.45. The predicted octanol–water partition coefficient (Wildman–Crippen LogP) is 2.93. The minimum atomic E-state index is -4.03. The van der Waals surface area contributed by atoms with Crippen molar-refractivity contribution in [2.24, 2.45) is 5.14 Å². The van der Waals surface area contributed by atoms with Crippen LogP contribution in [0.5, 0.6) is 0 Å². The van der Waals surface area contributed by atoms with Crippen molar-refractivity contribution in [2.45, 2.75) is 28.7 Å². The number of nitro benzene ring substituents is 1. The van der Waals surface area contributed by atoms with Gasteiger partial charge < -0.3 is 15.0 Å². The average molecular weight is 481 g/mol. The Hall–Kier alpha value is -2.18. The molecule has 32 heavy (non-hydrogen) atoms. The normalized spacial score (nSPS) is 16.3. The lowest BCUT2D eigenvalue weighted by molar-refractivity contribution is -0.384. The van der Waals surface area contributed by atoms with Crippen LogP contribution in [0.3, 0.4) is 0 Å². The van der Waals surface area contributed by atoms with E-state index in [9.17, 15) is 18.5 Å². The van der Waals surface area contributed by atoms with Gasteiger partial charge in [-0.1, -0.05) is 18.2 Å². The van der Waals surface area contributed by atoms with Gasteiger partial charge in [0, 0.05) is 49.0 Å². The maximum absolute atomic E-state index is 11.6. The lowest BCUT2D eigenvalue weighted by atomic mass is 10.2. The van der Waals surface area contributed by atoms with E-state index in [1.54, 1.807) is 11.8 Å². The molecule has 0 radical (unpaired) electrons. The fourth-order valence-corrected chi connectivity index (χ4v) is 4.98. The second kappa shape index (κ2) is 11.6. The smallest absolute Gasteiger partial charge is 0.293 e. The molecule has 0 saturated carbocycles. The van der Waals surface area contributed by atoms with Gasteiger partial charge in [-0.15, -0.1) is 11.8 Å². The van der Waals surface area contributed by atoms with Crippen LogP contribution < -0.4 is 10.5 Å². The van der Waals surface area contributed by atoms with Crippen molar-refractivity contribution in [2.75, 3.05) is 43.9 Å². The highest BCUT2D eigenvalue weighted by Crippen LogP contribution is 2.29. The monoisotopic (exact) mass is 480 g/mol. The number of rotatable bonds is 10. The fraction of sp³-hybridized carbons (Fsp3) is 0.429. The molecule has 0 bridgehead atoms. The number of sulfonamides is 1. The second-order valence-electron chi connectivity index (χ2n) is 7.54. The lowest BCUT2D eigenvalue weighted by Gasteiger charge is -2.24. The summed E-state index contributed by atoms with van der Waals surface area (Å²) in [6.07, 6.45) is 1.76. The first-order valence-corrected chi connectivity index (χ1v) is 12.9. The van der Waals surface area contributed by atoms with E-state index < -0.39 is 14.9 Å². The molecule has 1 atom stereocenters. The molecule has 174 valence electrons. The third-order valence-electron chi connectivity index (χ3n) is 5.16. The summed E-state index contributed by atoms with van der Waals surface area (Å²) >= 11 is 1.67. The van der Waals surface area contributed by atoms with Gasteiger partial charge in [0.25, 0.3) is 5.69 Å². The Balaban J connectivity index is 1.76. The molecule has 1 fully saturated rings. The van der Waals surface area contributed by atoms with E-state index in [0.717, 1.165) is 50.0 Å². The van der Waals surface area contributed by atoms with E-state index in [1.807, 2.05) is 30.3 Å². The third-order valence-corrected chi connectivity index (χ3v) is 7.24. The van der Waals surface area contributed by atoms with Crippen LogP contribution in [0.2, 0.25) is 0 Å². The summed E-state index contributed by atoms with van der Waals surface area (Å²) in [5, 5.41) is 20.0. The minimum absolute atomic E-state index is 0.0663. The quantitative estimate of drug-likeness (QED) is 0.302. The van der Waals surface area contributed by atoms with Crippen LogP contribution in [-0.4, -0.2) is 62.9 Å². The van der Waals surface area contributed by atoms with Crippen LogP contribution in [0, 0.1) is 10.1 Å². The number of benzene rings is 2. The van der Waals surface area contributed by atoms with E-state index in [1.165, 1.54) is 12.1 Å². The number of hydrogen-bond acceptors (Lipinski definition) is 8. The summed E-state index contributed by atoms with van der Waals surface area (Å²) in [4.78, 5) is 14.2. The van der Waals surface area contributed by atoms with Crippen molar-refractivity contribution in [3.63, 3.8) is 0 Å². The zero-order chi connectivity index (χ0) is 23.0. The zero-order valence-electron chi connectivity index (χ0n) is 17.7. The molecule has 0 aliphatic carbocycles. The standard InChI is InChI=1S/C21H28N4O5S2/c22-32(28,29)19-7-8-20(21(15-19)25(26)27)23-17(16-31-18-5-2-1-3-6-18)9-11-24-10-4-13-30-14-12-24/h1-3,5-8,15,17,23H,4,9-14,16H2,(H2,22,28,29)/t17-/m1/s1. The number of thioether (sulfide) groups is 1. The highest BCUT2D eigenvalue weighted by atomic mass is 32.2. The highest BCUT2D eigenvalue weighted by molar-refractivity contribution is 7.99. The SMILES string of the molecule is NS(=O)(=O)c1ccc(N[C@H](CCN2CCCOCC2)CSc2ccccc2)c([N+](=O)[O-])c1. The van der Waals surface area contributed by atoms with Gasteiger partial charge >= 0.3 is 0 Å². The van der Waals surface area contributed by atoms with Crippen LogP contribution in [0.25, 0.3) is 0 Å². The first-order chi connectivity index (χ1) is 15.3. The van der Waals surface area contributed by atoms with Gasteiger partial charge in [0.1, 0.15) is 5.69 Å². The van der Waals surface area contributed by atoms with Crippen LogP contribution in [0.1, 0.15) is 12.8 Å². The molecule has 0 amide bonds. The second-order valence-corrected chi connectivity index (χ2v) is 10.2. The first-order valence-electron chi connectivity index (χ1n) is 10.4. The lowest BCUT2D eigenvalue weighted by Crippen LogP contribution is -2.33. The van der Waals surface area contributed by atoms with Gasteiger partial charge in [0.2, 0.25) is 10.0 Å². The number of nitro groups is 1. The Kier molecular flexibility index (Phi) is 8.88. The Morgan fingerprint density at radius 1 is 1.19 bits per heavy atom. The number of hydrogen-bond donors (Lipinski definition) is 2. The first kappa shape index (κ1) is 24.5. The number of nitrogens with one attached hydrogen (secondary N) is 1. The maximum Gasteiger partial charge on any atom is 0.293 e. The number of primary sulfonamides is 1. The van der Waals surface area contributed by atoms with E-state index in [4.69, 9.17) is 9.88 Å². The van der Waals surface area contributed by atoms with Crippen molar-refractivity contribution >= 4 is 33.2 Å². The van der Waals surface area contributed by atoms with Crippen LogP contribution in [0.15, 0.2) is 58.3 Å². The largest absolute Gasteiger partial charge is 0.380 e. The highest BCUT2D eigenvalue weighted by Gasteiger charge is 2.22. The molecule has 0 unspecified atom stereocenters. The summed E-state index contributed by atoms with van der Waals surface area (Å²) in [5.74, 6) is 0.697. The van der Waals surface area contributed by atoms with Gasteiger partial charge in [0.15, 0.2) is 0 Å². The van der Waals surface area contributed by atoms with Gasteiger partial charge in [-0.2, -0.15) is 0 Å². The predicted molar refractivity (Wildman–Crippen MR) is 126 cm³/mol. The summed E-state index contributed by atoms with van der Waals surface area (Å²) in [6.45, 7) is 4.13. The molecule has 1 saturated heterocycles. The molecule has 1 aliphatic heterocycles. The molecular weight excluding hydrogens is 452 g/mol. The summed E-state index contributed by atoms with van der Waals surface area (Å²) < 4.78 is 28.8. The summed E-state index contributed by atoms with van der Waals surface area (Å²) in [7, 11) is -4.03. The molecule has 11 heteroatoms.